The zero-order chi connectivity index (χ0) is 9.73. The molecule has 1 atom stereocenters. The molecule has 0 saturated carbocycles. The summed E-state index contributed by atoms with van der Waals surface area (Å²) in [4.78, 5) is 0. The van der Waals surface area contributed by atoms with Gasteiger partial charge in [-0.2, -0.15) is 0 Å². The number of aliphatic hydroxyl groups is 1. The monoisotopic (exact) mass is 186 g/mol. The molecule has 1 saturated heterocycles. The zero-order valence-corrected chi connectivity index (χ0v) is 8.77. The molecular weight excluding hydrogens is 164 g/mol. The van der Waals surface area contributed by atoms with Gasteiger partial charge in [0.2, 0.25) is 0 Å². The standard InChI is InChI=1S/C10H22N2O/c1-9(2)12-10(8-13)4-3-6-11-7-5-10/h9,11-13H,3-8H2,1-2H3. The summed E-state index contributed by atoms with van der Waals surface area (Å²) in [5.41, 5.74) is -0.0301. The Balaban J connectivity index is 2.53. The van der Waals surface area contributed by atoms with Gasteiger partial charge in [-0.1, -0.05) is 13.8 Å². The van der Waals surface area contributed by atoms with Crippen molar-refractivity contribution in [2.45, 2.75) is 44.7 Å². The molecule has 1 heterocycles. The summed E-state index contributed by atoms with van der Waals surface area (Å²) in [6.45, 7) is 6.63. The van der Waals surface area contributed by atoms with Gasteiger partial charge < -0.3 is 15.7 Å². The third kappa shape index (κ3) is 3.25. The highest BCUT2D eigenvalue weighted by atomic mass is 16.3. The summed E-state index contributed by atoms with van der Waals surface area (Å²) in [5.74, 6) is 0. The highest BCUT2D eigenvalue weighted by Crippen LogP contribution is 2.19. The van der Waals surface area contributed by atoms with Gasteiger partial charge in [-0.25, -0.2) is 0 Å². The van der Waals surface area contributed by atoms with Crippen LogP contribution in [0.3, 0.4) is 0 Å². The van der Waals surface area contributed by atoms with Crippen molar-refractivity contribution in [3.63, 3.8) is 0 Å². The fourth-order valence-corrected chi connectivity index (χ4v) is 2.09. The number of nitrogens with one attached hydrogen (secondary N) is 2. The molecule has 0 aromatic rings. The summed E-state index contributed by atoms with van der Waals surface area (Å²) in [6, 6.07) is 0.449. The van der Waals surface area contributed by atoms with Crippen molar-refractivity contribution in [1.82, 2.24) is 10.6 Å². The zero-order valence-electron chi connectivity index (χ0n) is 8.77. The molecule has 0 aromatic heterocycles. The van der Waals surface area contributed by atoms with E-state index < -0.39 is 0 Å². The van der Waals surface area contributed by atoms with Crippen molar-refractivity contribution >= 4 is 0 Å². The minimum atomic E-state index is -0.0301. The van der Waals surface area contributed by atoms with Crippen molar-refractivity contribution in [2.75, 3.05) is 19.7 Å². The van der Waals surface area contributed by atoms with Crippen molar-refractivity contribution in [3.8, 4) is 0 Å². The van der Waals surface area contributed by atoms with Crippen LogP contribution in [0.5, 0.6) is 0 Å². The van der Waals surface area contributed by atoms with Crippen LogP contribution in [0.1, 0.15) is 33.1 Å². The second-order valence-electron chi connectivity index (χ2n) is 4.34. The molecule has 1 unspecified atom stereocenters. The first kappa shape index (κ1) is 11.0. The van der Waals surface area contributed by atoms with Gasteiger partial charge in [-0.05, 0) is 32.4 Å². The van der Waals surface area contributed by atoms with E-state index in [4.69, 9.17) is 0 Å². The van der Waals surface area contributed by atoms with Crippen molar-refractivity contribution < 1.29 is 5.11 Å². The van der Waals surface area contributed by atoms with Gasteiger partial charge in [-0.15, -0.1) is 0 Å². The Hall–Kier alpha value is -0.120. The second kappa shape index (κ2) is 4.94. The van der Waals surface area contributed by atoms with Gasteiger partial charge in [0, 0.05) is 11.6 Å². The van der Waals surface area contributed by atoms with Gasteiger partial charge in [0.1, 0.15) is 0 Å². The summed E-state index contributed by atoms with van der Waals surface area (Å²) in [5, 5.41) is 16.3. The minimum absolute atomic E-state index is 0.0301. The SMILES string of the molecule is CC(C)NC1(CO)CCCNCC1. The van der Waals surface area contributed by atoms with Gasteiger partial charge >= 0.3 is 0 Å². The smallest absolute Gasteiger partial charge is 0.0613 e. The lowest BCUT2D eigenvalue weighted by Gasteiger charge is -2.33. The van der Waals surface area contributed by atoms with Crippen molar-refractivity contribution in [3.05, 3.63) is 0 Å². The average Bonchev–Trinajstić information content (AvgIpc) is 2.30. The lowest BCUT2D eigenvalue weighted by molar-refractivity contribution is 0.138. The molecule has 3 heteroatoms. The van der Waals surface area contributed by atoms with Crippen LogP contribution in [0.4, 0.5) is 0 Å². The first-order valence-electron chi connectivity index (χ1n) is 5.28. The van der Waals surface area contributed by atoms with E-state index >= 15 is 0 Å². The van der Waals surface area contributed by atoms with Crippen LogP contribution in [-0.4, -0.2) is 36.4 Å². The Bertz CT molecular complexity index is 140. The summed E-state index contributed by atoms with van der Waals surface area (Å²) >= 11 is 0. The Morgan fingerprint density at radius 3 is 2.77 bits per heavy atom. The molecule has 1 aliphatic rings. The predicted molar refractivity (Wildman–Crippen MR) is 54.8 cm³/mol. The molecule has 1 fully saturated rings. The first-order chi connectivity index (χ1) is 6.18. The molecule has 78 valence electrons. The van der Waals surface area contributed by atoms with Crippen LogP contribution < -0.4 is 10.6 Å². The second-order valence-corrected chi connectivity index (χ2v) is 4.34. The summed E-state index contributed by atoms with van der Waals surface area (Å²) < 4.78 is 0. The number of hydrogen-bond donors (Lipinski definition) is 3. The Labute approximate surface area is 80.9 Å². The van der Waals surface area contributed by atoms with Crippen LogP contribution in [0.2, 0.25) is 0 Å². The van der Waals surface area contributed by atoms with Crippen molar-refractivity contribution in [1.29, 1.82) is 0 Å². The Morgan fingerprint density at radius 1 is 1.38 bits per heavy atom. The van der Waals surface area contributed by atoms with Crippen LogP contribution >= 0.6 is 0 Å². The molecule has 1 rings (SSSR count). The highest BCUT2D eigenvalue weighted by molar-refractivity contribution is 4.91. The Kier molecular flexibility index (Phi) is 4.16. The molecule has 0 aromatic carbocycles. The molecule has 3 N–H and O–H groups in total. The molecule has 0 bridgehead atoms. The predicted octanol–water partition coefficient (Wildman–Crippen LogP) is 0.489. The lowest BCUT2D eigenvalue weighted by atomic mass is 9.90. The maximum atomic E-state index is 9.43. The van der Waals surface area contributed by atoms with E-state index in [0.29, 0.717) is 6.04 Å². The first-order valence-corrected chi connectivity index (χ1v) is 5.28. The Morgan fingerprint density at radius 2 is 2.15 bits per heavy atom. The van der Waals surface area contributed by atoms with Crippen LogP contribution in [-0.2, 0) is 0 Å². The van der Waals surface area contributed by atoms with E-state index in [9.17, 15) is 5.11 Å². The number of hydrogen-bond acceptors (Lipinski definition) is 3. The molecule has 0 amide bonds. The van der Waals surface area contributed by atoms with Gasteiger partial charge in [0.05, 0.1) is 6.61 Å². The maximum Gasteiger partial charge on any atom is 0.0613 e. The summed E-state index contributed by atoms with van der Waals surface area (Å²) in [7, 11) is 0. The molecular formula is C10H22N2O. The van der Waals surface area contributed by atoms with E-state index in [0.717, 1.165) is 32.4 Å². The molecule has 3 nitrogen and oxygen atoms in total. The van der Waals surface area contributed by atoms with Crippen LogP contribution in [0.15, 0.2) is 0 Å². The fourth-order valence-electron chi connectivity index (χ4n) is 2.09. The third-order valence-corrected chi connectivity index (χ3v) is 2.69. The van der Waals surface area contributed by atoms with E-state index in [2.05, 4.69) is 24.5 Å². The molecule has 0 radical (unpaired) electrons. The van der Waals surface area contributed by atoms with Gasteiger partial charge in [-0.3, -0.25) is 0 Å². The molecule has 0 spiro atoms. The van der Waals surface area contributed by atoms with E-state index in [1.165, 1.54) is 0 Å². The normalized spacial score (nSPS) is 30.5. The minimum Gasteiger partial charge on any atom is -0.394 e. The van der Waals surface area contributed by atoms with Crippen LogP contribution in [0, 0.1) is 0 Å². The maximum absolute atomic E-state index is 9.43. The highest BCUT2D eigenvalue weighted by Gasteiger charge is 2.30. The van der Waals surface area contributed by atoms with Crippen LogP contribution in [0.25, 0.3) is 0 Å². The van der Waals surface area contributed by atoms with E-state index in [1.54, 1.807) is 0 Å². The third-order valence-electron chi connectivity index (χ3n) is 2.69. The fraction of sp³-hybridized carbons (Fsp3) is 1.00. The molecule has 1 aliphatic heterocycles. The largest absolute Gasteiger partial charge is 0.394 e. The molecule has 0 aliphatic carbocycles. The number of aliphatic hydroxyl groups excluding tert-OH is 1. The molecule has 13 heavy (non-hydrogen) atoms. The van der Waals surface area contributed by atoms with E-state index in [-0.39, 0.29) is 12.1 Å². The van der Waals surface area contributed by atoms with E-state index in [1.807, 2.05) is 0 Å². The van der Waals surface area contributed by atoms with Gasteiger partial charge in [0.15, 0.2) is 0 Å². The topological polar surface area (TPSA) is 44.3 Å². The summed E-state index contributed by atoms with van der Waals surface area (Å²) in [6.07, 6.45) is 3.26. The van der Waals surface area contributed by atoms with Gasteiger partial charge in [0.25, 0.3) is 0 Å². The average molecular weight is 186 g/mol. The number of rotatable bonds is 3. The quantitative estimate of drug-likeness (QED) is 0.601. The lowest BCUT2D eigenvalue weighted by Crippen LogP contribution is -2.51. The van der Waals surface area contributed by atoms with Crippen molar-refractivity contribution in [2.24, 2.45) is 0 Å².